The summed E-state index contributed by atoms with van der Waals surface area (Å²) in [5.41, 5.74) is 1.51. The van der Waals surface area contributed by atoms with Gasteiger partial charge in [0.05, 0.1) is 18.6 Å². The Morgan fingerprint density at radius 1 is 1.14 bits per heavy atom. The van der Waals surface area contributed by atoms with Crippen molar-refractivity contribution in [3.8, 4) is 11.5 Å². The van der Waals surface area contributed by atoms with Gasteiger partial charge >= 0.3 is 0 Å². The molecule has 0 aliphatic carbocycles. The van der Waals surface area contributed by atoms with Crippen molar-refractivity contribution >= 4 is 17.5 Å². The van der Waals surface area contributed by atoms with Gasteiger partial charge in [0, 0.05) is 24.7 Å². The zero-order valence-corrected chi connectivity index (χ0v) is 15.3. The number of anilines is 1. The van der Waals surface area contributed by atoms with Gasteiger partial charge in [0.1, 0.15) is 13.2 Å². The third kappa shape index (κ3) is 3.66. The molecular formula is C21H22N2O5. The van der Waals surface area contributed by atoms with Crippen LogP contribution in [-0.4, -0.2) is 43.3 Å². The molecule has 0 saturated carbocycles. The van der Waals surface area contributed by atoms with Crippen LogP contribution in [0, 0.1) is 5.92 Å². The van der Waals surface area contributed by atoms with Gasteiger partial charge in [-0.1, -0.05) is 30.3 Å². The molecule has 2 amide bonds. The SMILES string of the molecule is O=C(N[C@@H](CO)c1ccccc1)[C@H]1CC(=O)N(c2ccc3c(c2)OCCO3)C1. The second-order valence-corrected chi connectivity index (χ2v) is 6.89. The smallest absolute Gasteiger partial charge is 0.227 e. The summed E-state index contributed by atoms with van der Waals surface area (Å²) in [4.78, 5) is 26.8. The molecule has 0 radical (unpaired) electrons. The van der Waals surface area contributed by atoms with Gasteiger partial charge in [0.2, 0.25) is 11.8 Å². The highest BCUT2D eigenvalue weighted by molar-refractivity contribution is 6.00. The molecular weight excluding hydrogens is 360 g/mol. The van der Waals surface area contributed by atoms with Crippen molar-refractivity contribution < 1.29 is 24.2 Å². The minimum absolute atomic E-state index is 0.114. The second-order valence-electron chi connectivity index (χ2n) is 6.89. The summed E-state index contributed by atoms with van der Waals surface area (Å²) in [6.07, 6.45) is 0.132. The maximum atomic E-state index is 12.7. The van der Waals surface area contributed by atoms with E-state index in [0.29, 0.717) is 30.4 Å². The van der Waals surface area contributed by atoms with Crippen LogP contribution in [0.1, 0.15) is 18.0 Å². The predicted octanol–water partition coefficient (Wildman–Crippen LogP) is 1.66. The van der Waals surface area contributed by atoms with E-state index in [9.17, 15) is 14.7 Å². The van der Waals surface area contributed by atoms with E-state index in [2.05, 4.69) is 5.32 Å². The van der Waals surface area contributed by atoms with Crippen molar-refractivity contribution in [3.05, 3.63) is 54.1 Å². The second kappa shape index (κ2) is 7.90. The Labute approximate surface area is 162 Å². The van der Waals surface area contributed by atoms with E-state index < -0.39 is 12.0 Å². The number of nitrogens with one attached hydrogen (secondary N) is 1. The number of fused-ring (bicyclic) bond motifs is 1. The third-order valence-corrected chi connectivity index (χ3v) is 5.03. The number of nitrogens with zero attached hydrogens (tertiary/aromatic N) is 1. The fraction of sp³-hybridized carbons (Fsp3) is 0.333. The van der Waals surface area contributed by atoms with E-state index in [-0.39, 0.29) is 31.4 Å². The average molecular weight is 382 g/mol. The van der Waals surface area contributed by atoms with Crippen LogP contribution in [0.15, 0.2) is 48.5 Å². The number of benzene rings is 2. The van der Waals surface area contributed by atoms with E-state index in [1.807, 2.05) is 30.3 Å². The van der Waals surface area contributed by atoms with Crippen LogP contribution in [0.4, 0.5) is 5.69 Å². The van der Waals surface area contributed by atoms with Gasteiger partial charge in [0.15, 0.2) is 11.5 Å². The molecule has 4 rings (SSSR count). The minimum Gasteiger partial charge on any atom is -0.486 e. The van der Waals surface area contributed by atoms with Crippen LogP contribution in [0.5, 0.6) is 11.5 Å². The van der Waals surface area contributed by atoms with Crippen LogP contribution in [-0.2, 0) is 9.59 Å². The van der Waals surface area contributed by atoms with Crippen molar-refractivity contribution in [2.75, 3.05) is 31.3 Å². The molecule has 146 valence electrons. The summed E-state index contributed by atoms with van der Waals surface area (Å²) in [6.45, 7) is 1.06. The van der Waals surface area contributed by atoms with Gasteiger partial charge in [-0.3, -0.25) is 9.59 Å². The molecule has 0 unspecified atom stereocenters. The van der Waals surface area contributed by atoms with Crippen LogP contribution >= 0.6 is 0 Å². The standard InChI is InChI=1S/C21H22N2O5/c24-13-17(14-4-2-1-3-5-14)22-21(26)15-10-20(25)23(12-15)16-6-7-18-19(11-16)28-9-8-27-18/h1-7,11,15,17,24H,8-10,12-13H2,(H,22,26)/t15-,17-/m0/s1. The first-order valence-corrected chi connectivity index (χ1v) is 9.32. The molecule has 0 aromatic heterocycles. The molecule has 2 aromatic rings. The van der Waals surface area contributed by atoms with Crippen LogP contribution < -0.4 is 19.7 Å². The molecule has 2 aliphatic heterocycles. The molecule has 7 heteroatoms. The van der Waals surface area contributed by atoms with Crippen molar-refractivity contribution in [2.45, 2.75) is 12.5 Å². The first kappa shape index (κ1) is 18.3. The number of carbonyl (C=O) groups excluding carboxylic acids is 2. The third-order valence-electron chi connectivity index (χ3n) is 5.03. The van der Waals surface area contributed by atoms with Gasteiger partial charge in [-0.25, -0.2) is 0 Å². The van der Waals surface area contributed by atoms with Gasteiger partial charge < -0.3 is 24.8 Å². The van der Waals surface area contributed by atoms with Crippen molar-refractivity contribution in [2.24, 2.45) is 5.92 Å². The molecule has 2 N–H and O–H groups in total. The summed E-state index contributed by atoms with van der Waals surface area (Å²) in [5.74, 6) is 0.435. The molecule has 1 fully saturated rings. The van der Waals surface area contributed by atoms with Crippen LogP contribution in [0.25, 0.3) is 0 Å². The normalized spacial score (nSPS) is 19.4. The lowest BCUT2D eigenvalue weighted by molar-refractivity contribution is -0.127. The minimum atomic E-state index is -0.493. The fourth-order valence-corrected chi connectivity index (χ4v) is 3.54. The number of hydrogen-bond acceptors (Lipinski definition) is 5. The number of rotatable bonds is 5. The number of aliphatic hydroxyl groups excluding tert-OH is 1. The van der Waals surface area contributed by atoms with Gasteiger partial charge in [-0.05, 0) is 17.7 Å². The molecule has 2 aromatic carbocycles. The van der Waals surface area contributed by atoms with Crippen molar-refractivity contribution in [3.63, 3.8) is 0 Å². The number of aliphatic hydroxyl groups is 1. The summed E-state index contributed by atoms with van der Waals surface area (Å²) < 4.78 is 11.1. The number of carbonyl (C=O) groups is 2. The molecule has 2 atom stereocenters. The van der Waals surface area contributed by atoms with E-state index >= 15 is 0 Å². The Morgan fingerprint density at radius 2 is 1.89 bits per heavy atom. The summed E-state index contributed by atoms with van der Waals surface area (Å²) >= 11 is 0. The Balaban J connectivity index is 1.45. The molecule has 2 aliphatic rings. The van der Waals surface area contributed by atoms with Gasteiger partial charge in [0.25, 0.3) is 0 Å². The molecule has 1 saturated heterocycles. The lowest BCUT2D eigenvalue weighted by Gasteiger charge is -2.22. The van der Waals surface area contributed by atoms with E-state index in [0.717, 1.165) is 5.56 Å². The van der Waals surface area contributed by atoms with Crippen LogP contribution in [0.2, 0.25) is 0 Å². The zero-order valence-electron chi connectivity index (χ0n) is 15.3. The summed E-state index contributed by atoms with van der Waals surface area (Å²) in [5, 5.41) is 12.5. The monoisotopic (exact) mass is 382 g/mol. The lowest BCUT2D eigenvalue weighted by Crippen LogP contribution is -2.37. The maximum absolute atomic E-state index is 12.7. The number of hydrogen-bond donors (Lipinski definition) is 2. The topological polar surface area (TPSA) is 88.1 Å². The Kier molecular flexibility index (Phi) is 5.16. The molecule has 2 heterocycles. The molecule has 28 heavy (non-hydrogen) atoms. The largest absolute Gasteiger partial charge is 0.486 e. The number of amides is 2. The van der Waals surface area contributed by atoms with Crippen molar-refractivity contribution in [1.82, 2.24) is 5.32 Å². The predicted molar refractivity (Wildman–Crippen MR) is 102 cm³/mol. The van der Waals surface area contributed by atoms with E-state index in [1.54, 1.807) is 23.1 Å². The zero-order chi connectivity index (χ0) is 19.5. The highest BCUT2D eigenvalue weighted by Gasteiger charge is 2.36. The molecule has 7 nitrogen and oxygen atoms in total. The fourth-order valence-electron chi connectivity index (χ4n) is 3.54. The maximum Gasteiger partial charge on any atom is 0.227 e. The highest BCUT2D eigenvalue weighted by Crippen LogP contribution is 2.36. The van der Waals surface area contributed by atoms with Crippen LogP contribution in [0.3, 0.4) is 0 Å². The van der Waals surface area contributed by atoms with Gasteiger partial charge in [-0.15, -0.1) is 0 Å². The quantitative estimate of drug-likeness (QED) is 0.821. The Morgan fingerprint density at radius 3 is 2.64 bits per heavy atom. The Bertz CT molecular complexity index is 870. The molecule has 0 bridgehead atoms. The summed E-state index contributed by atoms with van der Waals surface area (Å²) in [6, 6.07) is 14.1. The first-order chi connectivity index (χ1) is 13.7. The first-order valence-electron chi connectivity index (χ1n) is 9.32. The van der Waals surface area contributed by atoms with E-state index in [4.69, 9.17) is 9.47 Å². The number of ether oxygens (including phenoxy) is 2. The van der Waals surface area contributed by atoms with Crippen molar-refractivity contribution in [1.29, 1.82) is 0 Å². The molecule has 0 spiro atoms. The van der Waals surface area contributed by atoms with E-state index in [1.165, 1.54) is 0 Å². The lowest BCUT2D eigenvalue weighted by atomic mass is 10.0. The summed E-state index contributed by atoms with van der Waals surface area (Å²) in [7, 11) is 0. The highest BCUT2D eigenvalue weighted by atomic mass is 16.6. The van der Waals surface area contributed by atoms with Gasteiger partial charge in [-0.2, -0.15) is 0 Å². The average Bonchev–Trinajstić information content (AvgIpc) is 3.14. The Hall–Kier alpha value is -3.06.